The predicted molar refractivity (Wildman–Crippen MR) is 179 cm³/mol. The molecule has 10 nitrogen and oxygen atoms in total. The lowest BCUT2D eigenvalue weighted by molar-refractivity contribution is -0.137. The van der Waals surface area contributed by atoms with Crippen LogP contribution in [0.3, 0.4) is 0 Å². The number of benzene rings is 2. The number of halogens is 3. The average Bonchev–Trinajstić information content (AvgIpc) is 3.41. The van der Waals surface area contributed by atoms with Crippen LogP contribution >= 0.6 is 0 Å². The summed E-state index contributed by atoms with van der Waals surface area (Å²) in [5.74, 6) is 0.154. The van der Waals surface area contributed by atoms with Gasteiger partial charge in [0.05, 0.1) is 11.3 Å². The van der Waals surface area contributed by atoms with Gasteiger partial charge >= 0.3 is 6.18 Å². The summed E-state index contributed by atoms with van der Waals surface area (Å²) in [6.07, 6.45) is 4.93. The molecule has 1 saturated heterocycles. The highest BCUT2D eigenvalue weighted by molar-refractivity contribution is 6.17. The normalized spacial score (nSPS) is 17.3. The first kappa shape index (κ1) is 33.9. The Morgan fingerprint density at radius 1 is 1.04 bits per heavy atom. The Labute approximate surface area is 276 Å². The quantitative estimate of drug-likeness (QED) is 0.184. The first-order valence-electron chi connectivity index (χ1n) is 15.3. The Bertz CT molecular complexity index is 1790. The highest BCUT2D eigenvalue weighted by Gasteiger charge is 2.36. The zero-order valence-corrected chi connectivity index (χ0v) is 27.0. The van der Waals surface area contributed by atoms with E-state index in [0.29, 0.717) is 48.9 Å². The number of ether oxygens (including phenoxy) is 1. The summed E-state index contributed by atoms with van der Waals surface area (Å²) in [6.45, 7) is 3.96. The smallest absolute Gasteiger partial charge is 0.418 e. The van der Waals surface area contributed by atoms with Crippen molar-refractivity contribution in [1.29, 1.82) is 0 Å². The molecule has 0 aliphatic carbocycles. The Kier molecular flexibility index (Phi) is 10.3. The largest absolute Gasteiger partial charge is 0.462 e. The van der Waals surface area contributed by atoms with Gasteiger partial charge in [-0.3, -0.25) is 19.6 Å². The van der Waals surface area contributed by atoms with E-state index in [-0.39, 0.29) is 28.9 Å². The number of nitrogens with one attached hydrogen (secondary N) is 2. The van der Waals surface area contributed by atoms with Gasteiger partial charge in [-0.25, -0.2) is 4.99 Å². The Hall–Kier alpha value is -5.46. The molecule has 3 heterocycles. The number of aromatic nitrogens is 1. The van der Waals surface area contributed by atoms with Crippen molar-refractivity contribution >= 4 is 34.7 Å². The van der Waals surface area contributed by atoms with Crippen molar-refractivity contribution in [3.63, 3.8) is 0 Å². The molecular formula is C35H36F3N7O3. The number of anilines is 2. The molecule has 2 aliphatic heterocycles. The van der Waals surface area contributed by atoms with Crippen molar-refractivity contribution in [2.75, 3.05) is 37.4 Å². The Morgan fingerprint density at radius 2 is 1.77 bits per heavy atom. The number of alkyl halides is 3. The van der Waals surface area contributed by atoms with E-state index in [2.05, 4.69) is 20.6 Å². The molecule has 2 amide bonds. The predicted octanol–water partition coefficient (Wildman–Crippen LogP) is 5.96. The molecule has 0 atom stereocenters. The molecule has 2 aromatic carbocycles. The van der Waals surface area contributed by atoms with E-state index in [4.69, 9.17) is 9.73 Å². The lowest BCUT2D eigenvalue weighted by Crippen LogP contribution is -2.44. The van der Waals surface area contributed by atoms with E-state index in [0.717, 1.165) is 17.2 Å². The fourth-order valence-corrected chi connectivity index (χ4v) is 5.49. The second kappa shape index (κ2) is 14.5. The minimum absolute atomic E-state index is 0.0106. The van der Waals surface area contributed by atoms with Gasteiger partial charge in [-0.05, 0) is 73.9 Å². The Balaban J connectivity index is 1.32. The molecule has 1 aromatic heterocycles. The molecule has 3 aromatic rings. The molecule has 250 valence electrons. The molecule has 1 fully saturated rings. The van der Waals surface area contributed by atoms with E-state index in [9.17, 15) is 22.8 Å². The van der Waals surface area contributed by atoms with Crippen molar-refractivity contribution < 1.29 is 27.5 Å². The van der Waals surface area contributed by atoms with Crippen LogP contribution in [0.1, 0.15) is 46.8 Å². The summed E-state index contributed by atoms with van der Waals surface area (Å²) in [7, 11) is 3.49. The first-order chi connectivity index (χ1) is 22.9. The number of allylic oxidation sites excluding steroid dienone is 1. The van der Waals surface area contributed by atoms with Crippen molar-refractivity contribution in [3.05, 3.63) is 107 Å². The molecule has 5 rings (SSSR count). The van der Waals surface area contributed by atoms with Gasteiger partial charge in [0, 0.05) is 81.2 Å². The van der Waals surface area contributed by atoms with Gasteiger partial charge in [0.1, 0.15) is 17.7 Å². The van der Waals surface area contributed by atoms with Crippen LogP contribution < -0.4 is 20.3 Å². The lowest BCUT2D eigenvalue weighted by Gasteiger charge is -2.35. The standard InChI is InChI=1S/C35H36F3N7O3/c1-22-5-6-25(19-32(22)48-21-31-29(13-16-44(31)4)43-33(39-3)24-9-14-40-15-10-24)34(47)42-27-7-8-30(28(20-27)35(36,37)38)45-17-11-26(12-18-45)41-23(2)46/h5-10,13-16,19-21,26H,11-12,17-18H2,1-4H3,(H,41,46)(H,42,47)/b31-21-,39-33?,43-29?. The molecule has 2 aliphatic rings. The number of carbonyl (C=O) groups excluding carboxylic acids is 2. The number of hydrogen-bond donors (Lipinski definition) is 2. The number of piperidine rings is 1. The van der Waals surface area contributed by atoms with Crippen molar-refractivity contribution in [1.82, 2.24) is 15.2 Å². The topological polar surface area (TPSA) is 112 Å². The van der Waals surface area contributed by atoms with E-state index in [1.807, 2.05) is 43.3 Å². The summed E-state index contributed by atoms with van der Waals surface area (Å²) in [5.41, 5.74) is 2.22. The number of aliphatic imine (C=N–C) groups is 2. The van der Waals surface area contributed by atoms with Gasteiger partial charge in [0.15, 0.2) is 5.84 Å². The van der Waals surface area contributed by atoms with E-state index < -0.39 is 17.6 Å². The molecule has 0 spiro atoms. The van der Waals surface area contributed by atoms with Crippen molar-refractivity contribution in [2.24, 2.45) is 9.98 Å². The highest BCUT2D eigenvalue weighted by atomic mass is 19.4. The van der Waals surface area contributed by atoms with Gasteiger partial charge in [-0.15, -0.1) is 0 Å². The van der Waals surface area contributed by atoms with E-state index >= 15 is 0 Å². The summed E-state index contributed by atoms with van der Waals surface area (Å²) in [6, 6.07) is 12.2. The summed E-state index contributed by atoms with van der Waals surface area (Å²) < 4.78 is 48.6. The van der Waals surface area contributed by atoms with Gasteiger partial charge in [0.2, 0.25) is 5.91 Å². The van der Waals surface area contributed by atoms with Crippen LogP contribution in [0.2, 0.25) is 0 Å². The first-order valence-corrected chi connectivity index (χ1v) is 15.3. The van der Waals surface area contributed by atoms with Crippen LogP contribution in [-0.4, -0.2) is 66.5 Å². The summed E-state index contributed by atoms with van der Waals surface area (Å²) in [4.78, 5) is 41.1. The number of rotatable bonds is 7. The molecule has 0 radical (unpaired) electrons. The number of amides is 2. The molecule has 0 bridgehead atoms. The molecular weight excluding hydrogens is 623 g/mol. The molecule has 13 heteroatoms. The fourth-order valence-electron chi connectivity index (χ4n) is 5.49. The number of nitrogens with zero attached hydrogens (tertiary/aromatic N) is 5. The van der Waals surface area contributed by atoms with Gasteiger partial charge < -0.3 is 25.2 Å². The van der Waals surface area contributed by atoms with Gasteiger partial charge in [-0.2, -0.15) is 13.2 Å². The summed E-state index contributed by atoms with van der Waals surface area (Å²) >= 11 is 0. The number of aryl methyl sites for hydroxylation is 1. The van der Waals surface area contributed by atoms with E-state index in [1.54, 1.807) is 36.5 Å². The zero-order chi connectivity index (χ0) is 34.4. The van der Waals surface area contributed by atoms with Crippen LogP contribution in [0, 0.1) is 6.92 Å². The summed E-state index contributed by atoms with van der Waals surface area (Å²) in [5, 5.41) is 5.43. The fraction of sp³-hybridized carbons (Fsp3) is 0.286. The van der Waals surface area contributed by atoms with Gasteiger partial charge in [0.25, 0.3) is 5.91 Å². The zero-order valence-electron chi connectivity index (χ0n) is 27.0. The maximum Gasteiger partial charge on any atom is 0.418 e. The number of amidine groups is 1. The SMILES string of the molecule is CN=C(N=C1C=CN(C)/C1=C\Oc1cc(C(=O)Nc2ccc(N3CCC(NC(C)=O)CC3)c(C(F)(F)F)c2)ccc1C)c1ccncc1. The third-order valence-corrected chi connectivity index (χ3v) is 8.03. The third-order valence-electron chi connectivity index (χ3n) is 8.03. The Morgan fingerprint density at radius 3 is 2.44 bits per heavy atom. The highest BCUT2D eigenvalue weighted by Crippen LogP contribution is 2.39. The number of pyridine rings is 1. The third kappa shape index (κ3) is 8.08. The number of hydrogen-bond acceptors (Lipinski definition) is 7. The lowest BCUT2D eigenvalue weighted by atomic mass is 10.0. The maximum atomic E-state index is 14.2. The number of carbonyl (C=O) groups is 2. The maximum absolute atomic E-state index is 14.2. The monoisotopic (exact) mass is 659 g/mol. The molecule has 48 heavy (non-hydrogen) atoms. The van der Waals surface area contributed by atoms with Crippen LogP contribution in [0.4, 0.5) is 24.5 Å². The minimum Gasteiger partial charge on any atom is -0.462 e. The molecule has 0 saturated carbocycles. The van der Waals surface area contributed by atoms with E-state index in [1.165, 1.54) is 31.4 Å². The van der Waals surface area contributed by atoms with Crippen molar-refractivity contribution in [3.8, 4) is 5.75 Å². The average molecular weight is 660 g/mol. The van der Waals surface area contributed by atoms with Crippen LogP contribution in [0.15, 0.2) is 95.1 Å². The van der Waals surface area contributed by atoms with Gasteiger partial charge in [-0.1, -0.05) is 6.07 Å². The molecule has 0 unspecified atom stereocenters. The van der Waals surface area contributed by atoms with Crippen LogP contribution in [0.5, 0.6) is 5.75 Å². The second-order valence-electron chi connectivity index (χ2n) is 11.5. The minimum atomic E-state index is -4.64. The second-order valence-corrected chi connectivity index (χ2v) is 11.5. The van der Waals surface area contributed by atoms with Crippen molar-refractivity contribution in [2.45, 2.75) is 38.9 Å². The van der Waals surface area contributed by atoms with Crippen LogP contribution in [-0.2, 0) is 11.0 Å². The molecule has 2 N–H and O–H groups in total. The van der Waals surface area contributed by atoms with Crippen LogP contribution in [0.25, 0.3) is 0 Å².